The summed E-state index contributed by atoms with van der Waals surface area (Å²) in [4.78, 5) is 26.2. The van der Waals surface area contributed by atoms with Crippen molar-refractivity contribution in [3.63, 3.8) is 0 Å². The van der Waals surface area contributed by atoms with Crippen LogP contribution in [-0.4, -0.2) is 35.8 Å². The Morgan fingerprint density at radius 2 is 1.83 bits per heavy atom. The number of nitrogens with zero attached hydrogens (tertiary/aromatic N) is 1. The first-order valence-corrected chi connectivity index (χ1v) is 8.37. The predicted molar refractivity (Wildman–Crippen MR) is 90.9 cm³/mol. The lowest BCUT2D eigenvalue weighted by Gasteiger charge is -2.32. The molecule has 5 nitrogen and oxygen atoms in total. The molecule has 0 radical (unpaired) electrons. The third kappa shape index (κ3) is 5.06. The molecule has 1 aliphatic rings. The van der Waals surface area contributed by atoms with Gasteiger partial charge in [0.05, 0.1) is 0 Å². The van der Waals surface area contributed by atoms with Crippen LogP contribution >= 0.6 is 0 Å². The van der Waals surface area contributed by atoms with Gasteiger partial charge in [-0.2, -0.15) is 0 Å². The molecule has 0 atom stereocenters. The summed E-state index contributed by atoms with van der Waals surface area (Å²) in [5.41, 5.74) is 7.23. The van der Waals surface area contributed by atoms with E-state index in [1.807, 2.05) is 17.0 Å². The van der Waals surface area contributed by atoms with Gasteiger partial charge in [0.1, 0.15) is 0 Å². The fraction of sp³-hybridized carbons (Fsp3) is 0.556. The molecule has 1 aromatic rings. The zero-order valence-electron chi connectivity index (χ0n) is 14.0. The second-order valence-corrected chi connectivity index (χ2v) is 6.63. The van der Waals surface area contributed by atoms with Crippen LogP contribution in [0.4, 0.5) is 0 Å². The van der Waals surface area contributed by atoms with Crippen LogP contribution in [0.3, 0.4) is 0 Å². The smallest absolute Gasteiger partial charge is 0.251 e. The first kappa shape index (κ1) is 17.5. The molecular formula is C18H27N3O2. The average molecular weight is 317 g/mol. The molecule has 1 fully saturated rings. The largest absolute Gasteiger partial charge is 0.349 e. The number of nitrogens with two attached hydrogens (primary N) is 1. The molecule has 1 aromatic carbocycles. The number of carbonyl (C=O) groups is 2. The molecule has 1 saturated heterocycles. The third-order valence-electron chi connectivity index (χ3n) is 4.22. The highest BCUT2D eigenvalue weighted by atomic mass is 16.2. The molecule has 3 N–H and O–H groups in total. The van der Waals surface area contributed by atoms with Crippen LogP contribution in [0, 0.1) is 5.92 Å². The molecule has 0 saturated carbocycles. The number of piperidine rings is 1. The monoisotopic (exact) mass is 317 g/mol. The molecule has 5 heteroatoms. The van der Waals surface area contributed by atoms with Crippen LogP contribution in [0.15, 0.2) is 24.3 Å². The second kappa shape index (κ2) is 8.11. The Hall–Kier alpha value is -1.88. The van der Waals surface area contributed by atoms with Gasteiger partial charge in [0.15, 0.2) is 0 Å². The zero-order valence-corrected chi connectivity index (χ0v) is 14.0. The van der Waals surface area contributed by atoms with E-state index in [0.717, 1.165) is 31.5 Å². The van der Waals surface area contributed by atoms with Gasteiger partial charge in [0, 0.05) is 37.7 Å². The molecule has 0 unspecified atom stereocenters. The van der Waals surface area contributed by atoms with Gasteiger partial charge in [-0.15, -0.1) is 0 Å². The van der Waals surface area contributed by atoms with E-state index in [0.29, 0.717) is 24.4 Å². The number of rotatable bonds is 5. The number of hydrogen-bond acceptors (Lipinski definition) is 3. The van der Waals surface area contributed by atoms with Crippen molar-refractivity contribution in [1.82, 2.24) is 10.2 Å². The standard InChI is InChI=1S/C18H27N3O2/c1-13(2)11-17(22)21-9-7-16(8-10-21)20-18(23)15-5-3-14(12-19)4-6-15/h3-6,13,16H,7-12,19H2,1-2H3,(H,20,23). The molecule has 0 spiro atoms. The van der Waals surface area contributed by atoms with E-state index < -0.39 is 0 Å². The Morgan fingerprint density at radius 1 is 1.22 bits per heavy atom. The summed E-state index contributed by atoms with van der Waals surface area (Å²) in [6.45, 7) is 6.04. The molecule has 0 bridgehead atoms. The summed E-state index contributed by atoms with van der Waals surface area (Å²) in [7, 11) is 0. The Morgan fingerprint density at radius 3 is 2.35 bits per heavy atom. The van der Waals surface area contributed by atoms with Crippen LogP contribution in [0.25, 0.3) is 0 Å². The molecule has 1 heterocycles. The number of nitrogens with one attached hydrogen (secondary N) is 1. The van der Waals surface area contributed by atoms with E-state index in [1.54, 1.807) is 12.1 Å². The summed E-state index contributed by atoms with van der Waals surface area (Å²) in [5, 5.41) is 3.06. The van der Waals surface area contributed by atoms with Crippen molar-refractivity contribution in [2.24, 2.45) is 11.7 Å². The van der Waals surface area contributed by atoms with E-state index in [1.165, 1.54) is 0 Å². The number of carbonyl (C=O) groups excluding carboxylic acids is 2. The fourth-order valence-electron chi connectivity index (χ4n) is 2.81. The highest BCUT2D eigenvalue weighted by Crippen LogP contribution is 2.14. The Bertz CT molecular complexity index is 532. The van der Waals surface area contributed by atoms with E-state index in [4.69, 9.17) is 5.73 Å². The fourth-order valence-corrected chi connectivity index (χ4v) is 2.81. The van der Waals surface area contributed by atoms with Gasteiger partial charge in [-0.1, -0.05) is 26.0 Å². The highest BCUT2D eigenvalue weighted by molar-refractivity contribution is 5.94. The first-order valence-electron chi connectivity index (χ1n) is 8.37. The topological polar surface area (TPSA) is 75.4 Å². The number of benzene rings is 1. The van der Waals surface area contributed by atoms with Crippen molar-refractivity contribution in [3.05, 3.63) is 35.4 Å². The van der Waals surface area contributed by atoms with Crippen LogP contribution in [0.2, 0.25) is 0 Å². The lowest BCUT2D eigenvalue weighted by molar-refractivity contribution is -0.133. The van der Waals surface area contributed by atoms with E-state index in [9.17, 15) is 9.59 Å². The molecular weight excluding hydrogens is 290 g/mol. The van der Waals surface area contributed by atoms with Gasteiger partial charge in [-0.25, -0.2) is 0 Å². The van der Waals surface area contributed by atoms with Crippen molar-refractivity contribution in [3.8, 4) is 0 Å². The van der Waals surface area contributed by atoms with Crippen molar-refractivity contribution in [1.29, 1.82) is 0 Å². The summed E-state index contributed by atoms with van der Waals surface area (Å²) >= 11 is 0. The van der Waals surface area contributed by atoms with Crippen molar-refractivity contribution in [2.45, 2.75) is 45.7 Å². The third-order valence-corrected chi connectivity index (χ3v) is 4.22. The maximum atomic E-state index is 12.3. The Kier molecular flexibility index (Phi) is 6.16. The summed E-state index contributed by atoms with van der Waals surface area (Å²) in [5.74, 6) is 0.555. The molecule has 23 heavy (non-hydrogen) atoms. The van der Waals surface area contributed by atoms with Crippen molar-refractivity contribution in [2.75, 3.05) is 13.1 Å². The maximum absolute atomic E-state index is 12.3. The molecule has 2 amide bonds. The Labute approximate surface area is 138 Å². The first-order chi connectivity index (χ1) is 11.0. The van der Waals surface area contributed by atoms with E-state index >= 15 is 0 Å². The van der Waals surface area contributed by atoms with Crippen molar-refractivity contribution < 1.29 is 9.59 Å². The molecule has 126 valence electrons. The minimum atomic E-state index is -0.0551. The van der Waals surface area contributed by atoms with Gasteiger partial charge in [-0.3, -0.25) is 9.59 Å². The molecule has 0 aromatic heterocycles. The number of hydrogen-bond donors (Lipinski definition) is 2. The molecule has 0 aliphatic carbocycles. The molecule has 2 rings (SSSR count). The van der Waals surface area contributed by atoms with Gasteiger partial charge < -0.3 is 16.0 Å². The van der Waals surface area contributed by atoms with Crippen LogP contribution < -0.4 is 11.1 Å². The van der Waals surface area contributed by atoms with Gasteiger partial charge in [0.25, 0.3) is 5.91 Å². The average Bonchev–Trinajstić information content (AvgIpc) is 2.55. The van der Waals surface area contributed by atoms with Gasteiger partial charge in [-0.05, 0) is 36.5 Å². The molecule has 1 aliphatic heterocycles. The summed E-state index contributed by atoms with van der Waals surface area (Å²) in [6.07, 6.45) is 2.23. The lowest BCUT2D eigenvalue weighted by Crippen LogP contribution is -2.46. The SMILES string of the molecule is CC(C)CC(=O)N1CCC(NC(=O)c2ccc(CN)cc2)CC1. The summed E-state index contributed by atoms with van der Waals surface area (Å²) < 4.78 is 0. The lowest BCUT2D eigenvalue weighted by atomic mass is 10.0. The normalized spacial score (nSPS) is 15.7. The zero-order chi connectivity index (χ0) is 16.8. The minimum Gasteiger partial charge on any atom is -0.349 e. The maximum Gasteiger partial charge on any atom is 0.251 e. The Balaban J connectivity index is 1.81. The van der Waals surface area contributed by atoms with Crippen LogP contribution in [-0.2, 0) is 11.3 Å². The van der Waals surface area contributed by atoms with Crippen molar-refractivity contribution >= 4 is 11.8 Å². The van der Waals surface area contributed by atoms with E-state index in [-0.39, 0.29) is 17.9 Å². The predicted octanol–water partition coefficient (Wildman–Crippen LogP) is 1.91. The number of likely N-dealkylation sites (tertiary alicyclic amines) is 1. The quantitative estimate of drug-likeness (QED) is 0.871. The van der Waals surface area contributed by atoms with Gasteiger partial charge >= 0.3 is 0 Å². The minimum absolute atomic E-state index is 0.0551. The van der Waals surface area contributed by atoms with E-state index in [2.05, 4.69) is 19.2 Å². The van der Waals surface area contributed by atoms with Crippen LogP contribution in [0.1, 0.15) is 49.0 Å². The van der Waals surface area contributed by atoms with Crippen LogP contribution in [0.5, 0.6) is 0 Å². The highest BCUT2D eigenvalue weighted by Gasteiger charge is 2.24. The summed E-state index contributed by atoms with van der Waals surface area (Å²) in [6, 6.07) is 7.50. The number of amides is 2. The van der Waals surface area contributed by atoms with Gasteiger partial charge in [0.2, 0.25) is 5.91 Å². The second-order valence-electron chi connectivity index (χ2n) is 6.63.